The molecule has 2 rings (SSSR count). The molecule has 1 aliphatic rings. The molecule has 1 amide bonds. The van der Waals surface area contributed by atoms with Gasteiger partial charge in [0, 0.05) is 12.2 Å². The van der Waals surface area contributed by atoms with E-state index < -0.39 is 11.5 Å². The van der Waals surface area contributed by atoms with Gasteiger partial charge in [0.25, 0.3) is 0 Å². The normalized spacial score (nSPS) is 14.7. The van der Waals surface area contributed by atoms with Crippen molar-refractivity contribution in [1.82, 2.24) is 0 Å². The number of rotatable bonds is 4. The van der Waals surface area contributed by atoms with Crippen molar-refractivity contribution < 1.29 is 14.7 Å². The number of carbonyl (C=O) groups excluding carboxylic acids is 1. The third kappa shape index (κ3) is 2.78. The van der Waals surface area contributed by atoms with E-state index in [0.717, 1.165) is 24.1 Å². The number of anilines is 1. The highest BCUT2D eigenvalue weighted by molar-refractivity contribution is 6.01. The molecule has 3 N–H and O–H groups in total. The van der Waals surface area contributed by atoms with E-state index in [2.05, 4.69) is 0 Å². The van der Waals surface area contributed by atoms with Gasteiger partial charge in [-0.25, -0.2) is 4.79 Å². The number of aromatic carboxylic acids is 1. The number of carbonyl (C=O) groups is 2. The van der Waals surface area contributed by atoms with Crippen LogP contribution < -0.4 is 10.6 Å². The van der Waals surface area contributed by atoms with Gasteiger partial charge in [-0.2, -0.15) is 0 Å². The summed E-state index contributed by atoms with van der Waals surface area (Å²) in [6, 6.07) is 4.93. The van der Waals surface area contributed by atoms with Crippen molar-refractivity contribution in [1.29, 1.82) is 0 Å². The number of amides is 1. The Balaban J connectivity index is 2.39. The maximum absolute atomic E-state index is 12.7. The van der Waals surface area contributed by atoms with E-state index in [0.29, 0.717) is 19.4 Å². The van der Waals surface area contributed by atoms with Gasteiger partial charge in [-0.1, -0.05) is 13.8 Å². The molecule has 0 aliphatic carbocycles. The highest BCUT2D eigenvalue weighted by Crippen LogP contribution is 2.30. The fourth-order valence-electron chi connectivity index (χ4n) is 2.76. The zero-order chi connectivity index (χ0) is 15.6. The van der Waals surface area contributed by atoms with Crippen LogP contribution >= 0.6 is 0 Å². The van der Waals surface area contributed by atoms with E-state index in [4.69, 9.17) is 10.8 Å². The van der Waals surface area contributed by atoms with E-state index in [1.807, 2.05) is 13.8 Å². The Morgan fingerprint density at radius 3 is 2.57 bits per heavy atom. The highest BCUT2D eigenvalue weighted by Gasteiger charge is 2.36. The van der Waals surface area contributed by atoms with E-state index in [1.54, 1.807) is 23.1 Å². The van der Waals surface area contributed by atoms with Crippen LogP contribution in [0.5, 0.6) is 0 Å². The molecule has 114 valence electrons. The molecule has 1 aromatic rings. The predicted octanol–water partition coefficient (Wildman–Crippen LogP) is 2.18. The first-order valence-electron chi connectivity index (χ1n) is 7.40. The molecule has 5 heteroatoms. The highest BCUT2D eigenvalue weighted by atomic mass is 16.4. The van der Waals surface area contributed by atoms with Crippen molar-refractivity contribution in [2.75, 3.05) is 11.4 Å². The molecule has 0 bridgehead atoms. The molecule has 0 aromatic heterocycles. The summed E-state index contributed by atoms with van der Waals surface area (Å²) < 4.78 is 0. The Hall–Kier alpha value is -1.88. The molecule has 5 nitrogen and oxygen atoms in total. The number of fused-ring (bicyclic) bond motifs is 1. The lowest BCUT2D eigenvalue weighted by atomic mass is 9.90. The Kier molecular flexibility index (Phi) is 4.32. The van der Waals surface area contributed by atoms with Crippen LogP contribution in [0.1, 0.15) is 49.0 Å². The van der Waals surface area contributed by atoms with Crippen molar-refractivity contribution in [3.05, 3.63) is 29.3 Å². The van der Waals surface area contributed by atoms with Crippen molar-refractivity contribution in [2.24, 2.45) is 5.73 Å². The minimum Gasteiger partial charge on any atom is -0.478 e. The maximum atomic E-state index is 12.7. The Bertz CT molecular complexity index is 565. The number of nitrogens with zero attached hydrogens (tertiary/aromatic N) is 1. The number of aryl methyl sites for hydroxylation is 1. The summed E-state index contributed by atoms with van der Waals surface area (Å²) >= 11 is 0. The largest absolute Gasteiger partial charge is 0.478 e. The van der Waals surface area contributed by atoms with Crippen molar-refractivity contribution in [3.8, 4) is 0 Å². The predicted molar refractivity (Wildman–Crippen MR) is 81.6 cm³/mol. The first-order valence-corrected chi connectivity index (χ1v) is 7.40. The number of hydrogen-bond donors (Lipinski definition) is 2. The third-order valence-electron chi connectivity index (χ3n) is 4.38. The van der Waals surface area contributed by atoms with E-state index in [1.165, 1.54) is 0 Å². The lowest BCUT2D eigenvalue weighted by Gasteiger charge is -2.36. The van der Waals surface area contributed by atoms with E-state index in [9.17, 15) is 9.59 Å². The smallest absolute Gasteiger partial charge is 0.335 e. The molecule has 0 unspecified atom stereocenters. The molecule has 1 aromatic carbocycles. The second kappa shape index (κ2) is 5.85. The number of carboxylic acid groups (broad SMARTS) is 1. The number of carboxylic acids is 1. The number of benzene rings is 1. The molecule has 1 heterocycles. The van der Waals surface area contributed by atoms with Gasteiger partial charge < -0.3 is 15.7 Å². The Labute approximate surface area is 124 Å². The van der Waals surface area contributed by atoms with E-state index in [-0.39, 0.29) is 11.5 Å². The average molecular weight is 290 g/mol. The Morgan fingerprint density at radius 1 is 1.33 bits per heavy atom. The van der Waals surface area contributed by atoms with E-state index >= 15 is 0 Å². The van der Waals surface area contributed by atoms with Crippen LogP contribution in [0.4, 0.5) is 5.69 Å². The average Bonchev–Trinajstić information content (AvgIpc) is 2.52. The quantitative estimate of drug-likeness (QED) is 0.890. The van der Waals surface area contributed by atoms with Crippen LogP contribution in [-0.2, 0) is 11.2 Å². The van der Waals surface area contributed by atoms with Crippen LogP contribution in [-0.4, -0.2) is 29.1 Å². The fraction of sp³-hybridized carbons (Fsp3) is 0.500. The summed E-state index contributed by atoms with van der Waals surface area (Å²) in [6.07, 6.45) is 2.78. The molecular formula is C16H22N2O3. The minimum atomic E-state index is -0.948. The van der Waals surface area contributed by atoms with Gasteiger partial charge >= 0.3 is 5.97 Å². The second-order valence-corrected chi connectivity index (χ2v) is 5.57. The first kappa shape index (κ1) is 15.5. The van der Waals surface area contributed by atoms with Crippen LogP contribution in [0.2, 0.25) is 0 Å². The lowest BCUT2D eigenvalue weighted by Crippen LogP contribution is -2.55. The van der Waals surface area contributed by atoms with Crippen LogP contribution in [0, 0.1) is 0 Å². The second-order valence-electron chi connectivity index (χ2n) is 5.57. The van der Waals surface area contributed by atoms with Crippen LogP contribution in [0.25, 0.3) is 0 Å². The summed E-state index contributed by atoms with van der Waals surface area (Å²) in [4.78, 5) is 25.5. The molecule has 0 fully saturated rings. The van der Waals surface area contributed by atoms with Crippen molar-refractivity contribution >= 4 is 17.6 Å². The summed E-state index contributed by atoms with van der Waals surface area (Å²) in [5.74, 6) is -1.02. The molecular weight excluding hydrogens is 268 g/mol. The SMILES string of the molecule is CCC(N)(CC)C(=O)N1CCCc2cc(C(=O)O)ccc21. The van der Waals surface area contributed by atoms with Gasteiger partial charge in [0.1, 0.15) is 0 Å². The van der Waals surface area contributed by atoms with Gasteiger partial charge in [-0.3, -0.25) is 4.79 Å². The van der Waals surface area contributed by atoms with Crippen LogP contribution in [0.3, 0.4) is 0 Å². The summed E-state index contributed by atoms with van der Waals surface area (Å²) in [7, 11) is 0. The Morgan fingerprint density at radius 2 is 2.00 bits per heavy atom. The van der Waals surface area contributed by atoms with Gasteiger partial charge in [-0.05, 0) is 49.4 Å². The maximum Gasteiger partial charge on any atom is 0.335 e. The molecule has 0 radical (unpaired) electrons. The van der Waals surface area contributed by atoms with Gasteiger partial charge in [0.15, 0.2) is 0 Å². The number of hydrogen-bond acceptors (Lipinski definition) is 3. The van der Waals surface area contributed by atoms with Crippen molar-refractivity contribution in [3.63, 3.8) is 0 Å². The molecule has 1 aliphatic heterocycles. The fourth-order valence-corrected chi connectivity index (χ4v) is 2.76. The third-order valence-corrected chi connectivity index (χ3v) is 4.38. The standard InChI is InChI=1S/C16H22N2O3/c1-3-16(17,4-2)15(21)18-9-5-6-11-10-12(14(19)20)7-8-13(11)18/h7-8,10H,3-6,9,17H2,1-2H3,(H,19,20). The van der Waals surface area contributed by atoms with Crippen molar-refractivity contribution in [2.45, 2.75) is 45.1 Å². The monoisotopic (exact) mass is 290 g/mol. The molecule has 0 spiro atoms. The summed E-state index contributed by atoms with van der Waals surface area (Å²) in [6.45, 7) is 4.47. The van der Waals surface area contributed by atoms with Gasteiger partial charge in [0.05, 0.1) is 11.1 Å². The molecule has 0 atom stereocenters. The molecule has 21 heavy (non-hydrogen) atoms. The topological polar surface area (TPSA) is 83.6 Å². The first-order chi connectivity index (χ1) is 9.92. The zero-order valence-corrected chi connectivity index (χ0v) is 12.6. The molecule has 0 saturated heterocycles. The summed E-state index contributed by atoms with van der Waals surface area (Å²) in [5.41, 5.74) is 7.34. The van der Waals surface area contributed by atoms with Gasteiger partial charge in [-0.15, -0.1) is 0 Å². The number of nitrogens with two attached hydrogens (primary N) is 1. The molecule has 0 saturated carbocycles. The minimum absolute atomic E-state index is 0.0727. The van der Waals surface area contributed by atoms with Crippen LogP contribution in [0.15, 0.2) is 18.2 Å². The summed E-state index contributed by atoms with van der Waals surface area (Å²) in [5, 5.41) is 9.07. The lowest BCUT2D eigenvalue weighted by molar-refractivity contribution is -0.124. The zero-order valence-electron chi connectivity index (χ0n) is 12.6. The van der Waals surface area contributed by atoms with Gasteiger partial charge in [0.2, 0.25) is 5.91 Å².